The van der Waals surface area contributed by atoms with Crippen LogP contribution < -0.4 is 15.8 Å². The standard InChI is InChI=1S/C19H25N3O2.2ClH/c1-4-19(20,5-2)13-22-18(23)16-10-15(11-21-12-16)14-6-8-17(24-3)9-7-14;;/h6-12H,4-5,13,20H2,1-3H3,(H,22,23);2*1H. The summed E-state index contributed by atoms with van der Waals surface area (Å²) < 4.78 is 5.16. The molecular weight excluding hydrogens is 373 g/mol. The Bertz CT molecular complexity index is 689. The molecule has 1 aromatic heterocycles. The maximum atomic E-state index is 12.4. The van der Waals surface area contributed by atoms with Crippen molar-refractivity contribution in [2.24, 2.45) is 5.73 Å². The van der Waals surface area contributed by atoms with Gasteiger partial charge in [0.15, 0.2) is 0 Å². The zero-order chi connectivity index (χ0) is 17.6. The summed E-state index contributed by atoms with van der Waals surface area (Å²) in [6.07, 6.45) is 4.93. The third-order valence-corrected chi connectivity index (χ3v) is 4.43. The lowest BCUT2D eigenvalue weighted by atomic mass is 9.94. The van der Waals surface area contributed by atoms with Gasteiger partial charge in [-0.05, 0) is 36.6 Å². The number of benzene rings is 1. The van der Waals surface area contributed by atoms with Crippen LogP contribution in [0.3, 0.4) is 0 Å². The Balaban J connectivity index is 0.00000312. The summed E-state index contributed by atoms with van der Waals surface area (Å²) >= 11 is 0. The van der Waals surface area contributed by atoms with Gasteiger partial charge in [0.25, 0.3) is 5.91 Å². The van der Waals surface area contributed by atoms with Crippen molar-refractivity contribution in [3.63, 3.8) is 0 Å². The molecule has 144 valence electrons. The molecule has 0 saturated carbocycles. The van der Waals surface area contributed by atoms with Crippen LogP contribution in [-0.2, 0) is 0 Å². The highest BCUT2D eigenvalue weighted by molar-refractivity contribution is 5.95. The van der Waals surface area contributed by atoms with E-state index in [2.05, 4.69) is 10.3 Å². The van der Waals surface area contributed by atoms with Crippen molar-refractivity contribution in [1.82, 2.24) is 10.3 Å². The molecular formula is C19H27Cl2N3O2. The first-order chi connectivity index (χ1) is 11.5. The molecule has 1 amide bonds. The van der Waals surface area contributed by atoms with Gasteiger partial charge >= 0.3 is 0 Å². The molecule has 0 spiro atoms. The predicted molar refractivity (Wildman–Crippen MR) is 111 cm³/mol. The molecule has 7 heteroatoms. The highest BCUT2D eigenvalue weighted by atomic mass is 35.5. The molecule has 1 aromatic carbocycles. The first kappa shape index (κ1) is 24.2. The van der Waals surface area contributed by atoms with Gasteiger partial charge in [0.2, 0.25) is 0 Å². The van der Waals surface area contributed by atoms with Gasteiger partial charge in [-0.1, -0.05) is 26.0 Å². The summed E-state index contributed by atoms with van der Waals surface area (Å²) in [5.41, 5.74) is 8.25. The summed E-state index contributed by atoms with van der Waals surface area (Å²) in [5.74, 6) is 0.633. The van der Waals surface area contributed by atoms with Crippen LogP contribution in [0.15, 0.2) is 42.7 Å². The molecule has 0 fully saturated rings. The van der Waals surface area contributed by atoms with Crippen molar-refractivity contribution in [1.29, 1.82) is 0 Å². The SMILES string of the molecule is CCC(N)(CC)CNC(=O)c1cncc(-c2ccc(OC)cc2)c1.Cl.Cl. The van der Waals surface area contributed by atoms with Crippen molar-refractivity contribution in [2.45, 2.75) is 32.2 Å². The fourth-order valence-electron chi connectivity index (χ4n) is 2.36. The summed E-state index contributed by atoms with van der Waals surface area (Å²) in [6.45, 7) is 4.51. The van der Waals surface area contributed by atoms with E-state index in [1.54, 1.807) is 19.5 Å². The van der Waals surface area contributed by atoms with Crippen LogP contribution in [0, 0.1) is 0 Å². The van der Waals surface area contributed by atoms with E-state index in [-0.39, 0.29) is 36.3 Å². The molecule has 0 radical (unpaired) electrons. The van der Waals surface area contributed by atoms with E-state index in [4.69, 9.17) is 10.5 Å². The molecule has 0 unspecified atom stereocenters. The number of amides is 1. The molecule has 0 aliphatic carbocycles. The van der Waals surface area contributed by atoms with E-state index >= 15 is 0 Å². The number of hydrogen-bond acceptors (Lipinski definition) is 4. The van der Waals surface area contributed by atoms with Gasteiger partial charge in [0, 0.05) is 30.0 Å². The van der Waals surface area contributed by atoms with Gasteiger partial charge in [-0.15, -0.1) is 24.8 Å². The number of nitrogens with zero attached hydrogens (tertiary/aromatic N) is 1. The predicted octanol–water partition coefficient (Wildman–Crippen LogP) is 3.85. The number of hydrogen-bond donors (Lipinski definition) is 2. The quantitative estimate of drug-likeness (QED) is 0.740. The minimum Gasteiger partial charge on any atom is -0.497 e. The fourth-order valence-corrected chi connectivity index (χ4v) is 2.36. The fraction of sp³-hybridized carbons (Fsp3) is 0.368. The minimum absolute atomic E-state index is 0. The number of rotatable bonds is 7. The molecule has 5 nitrogen and oxygen atoms in total. The van der Waals surface area contributed by atoms with Crippen LogP contribution in [0.1, 0.15) is 37.0 Å². The van der Waals surface area contributed by atoms with Crippen molar-refractivity contribution < 1.29 is 9.53 Å². The van der Waals surface area contributed by atoms with Crippen molar-refractivity contribution in [2.75, 3.05) is 13.7 Å². The van der Waals surface area contributed by atoms with E-state index < -0.39 is 0 Å². The first-order valence-corrected chi connectivity index (χ1v) is 8.18. The number of ether oxygens (including phenoxy) is 1. The van der Waals surface area contributed by atoms with Gasteiger partial charge in [0.1, 0.15) is 5.75 Å². The zero-order valence-corrected chi connectivity index (χ0v) is 17.0. The summed E-state index contributed by atoms with van der Waals surface area (Å²) in [4.78, 5) is 16.6. The smallest absolute Gasteiger partial charge is 0.252 e. The third kappa shape index (κ3) is 6.16. The molecule has 1 heterocycles. The molecule has 0 saturated heterocycles. The topological polar surface area (TPSA) is 77.2 Å². The Morgan fingerprint density at radius 2 is 1.73 bits per heavy atom. The second kappa shape index (κ2) is 11.0. The Morgan fingerprint density at radius 1 is 1.12 bits per heavy atom. The molecule has 0 bridgehead atoms. The second-order valence-electron chi connectivity index (χ2n) is 5.94. The lowest BCUT2D eigenvalue weighted by Crippen LogP contribution is -2.49. The van der Waals surface area contributed by atoms with Gasteiger partial charge in [0.05, 0.1) is 12.7 Å². The van der Waals surface area contributed by atoms with Crippen molar-refractivity contribution >= 4 is 30.7 Å². The number of pyridine rings is 1. The lowest BCUT2D eigenvalue weighted by molar-refractivity contribution is 0.0942. The molecule has 0 aliphatic rings. The summed E-state index contributed by atoms with van der Waals surface area (Å²) in [5, 5.41) is 2.91. The lowest BCUT2D eigenvalue weighted by Gasteiger charge is -2.26. The van der Waals surface area contributed by atoms with E-state index in [1.807, 2.05) is 44.2 Å². The Labute approximate surface area is 167 Å². The van der Waals surface area contributed by atoms with Crippen LogP contribution in [0.2, 0.25) is 0 Å². The van der Waals surface area contributed by atoms with E-state index in [0.717, 1.165) is 29.7 Å². The number of aromatic nitrogens is 1. The zero-order valence-electron chi connectivity index (χ0n) is 15.3. The Morgan fingerprint density at radius 3 is 2.27 bits per heavy atom. The Kier molecular flexibility index (Phi) is 10.2. The largest absolute Gasteiger partial charge is 0.497 e. The van der Waals surface area contributed by atoms with Crippen LogP contribution in [0.25, 0.3) is 11.1 Å². The molecule has 0 atom stereocenters. The maximum Gasteiger partial charge on any atom is 0.252 e. The average Bonchev–Trinajstić information content (AvgIpc) is 2.66. The van der Waals surface area contributed by atoms with Crippen LogP contribution in [0.4, 0.5) is 0 Å². The molecule has 2 rings (SSSR count). The van der Waals surface area contributed by atoms with Crippen LogP contribution >= 0.6 is 24.8 Å². The first-order valence-electron chi connectivity index (χ1n) is 8.18. The number of nitrogens with two attached hydrogens (primary N) is 1. The molecule has 26 heavy (non-hydrogen) atoms. The second-order valence-corrected chi connectivity index (χ2v) is 5.94. The average molecular weight is 400 g/mol. The molecule has 2 aromatic rings. The third-order valence-electron chi connectivity index (χ3n) is 4.43. The number of carbonyl (C=O) groups is 1. The van der Waals surface area contributed by atoms with Crippen LogP contribution in [0.5, 0.6) is 5.75 Å². The van der Waals surface area contributed by atoms with Gasteiger partial charge < -0.3 is 15.8 Å². The van der Waals surface area contributed by atoms with Crippen molar-refractivity contribution in [3.05, 3.63) is 48.3 Å². The monoisotopic (exact) mass is 399 g/mol. The number of methoxy groups -OCH3 is 1. The van der Waals surface area contributed by atoms with E-state index in [9.17, 15) is 4.79 Å². The van der Waals surface area contributed by atoms with Crippen molar-refractivity contribution in [3.8, 4) is 16.9 Å². The van der Waals surface area contributed by atoms with E-state index in [0.29, 0.717) is 12.1 Å². The summed E-state index contributed by atoms with van der Waals surface area (Å²) in [7, 11) is 1.63. The molecule has 0 aliphatic heterocycles. The normalized spacial score (nSPS) is 10.3. The number of carbonyl (C=O) groups excluding carboxylic acids is 1. The van der Waals surface area contributed by atoms with Gasteiger partial charge in [-0.25, -0.2) is 0 Å². The van der Waals surface area contributed by atoms with Gasteiger partial charge in [-0.3, -0.25) is 9.78 Å². The highest BCUT2D eigenvalue weighted by Gasteiger charge is 2.21. The molecule has 3 N–H and O–H groups in total. The number of nitrogens with one attached hydrogen (secondary N) is 1. The Hall–Kier alpha value is -1.82. The van der Waals surface area contributed by atoms with Gasteiger partial charge in [-0.2, -0.15) is 0 Å². The number of halogens is 2. The summed E-state index contributed by atoms with van der Waals surface area (Å²) in [6, 6.07) is 9.48. The highest BCUT2D eigenvalue weighted by Crippen LogP contribution is 2.22. The maximum absolute atomic E-state index is 12.4. The van der Waals surface area contributed by atoms with Crippen LogP contribution in [-0.4, -0.2) is 30.1 Å². The van der Waals surface area contributed by atoms with E-state index in [1.165, 1.54) is 0 Å². The minimum atomic E-state index is -0.364.